The first-order valence-corrected chi connectivity index (χ1v) is 7.63. The van der Waals surface area contributed by atoms with E-state index in [2.05, 4.69) is 17.2 Å². The minimum Gasteiger partial charge on any atom is -0.351 e. The summed E-state index contributed by atoms with van der Waals surface area (Å²) < 4.78 is 21.6. The lowest BCUT2D eigenvalue weighted by Gasteiger charge is -2.07. The number of aryl methyl sites for hydroxylation is 1. The van der Waals surface area contributed by atoms with Crippen molar-refractivity contribution in [2.45, 2.75) is 6.92 Å². The van der Waals surface area contributed by atoms with Crippen LogP contribution >= 0.6 is 0 Å². The van der Waals surface area contributed by atoms with E-state index in [9.17, 15) is 13.2 Å². The van der Waals surface area contributed by atoms with Crippen molar-refractivity contribution in [1.29, 1.82) is 0 Å². The van der Waals surface area contributed by atoms with Gasteiger partial charge in [-0.1, -0.05) is 17.9 Å². The molecule has 0 aromatic heterocycles. The maximum Gasteiger partial charge on any atom is 0.251 e. The van der Waals surface area contributed by atoms with E-state index < -0.39 is 10.0 Å². The lowest BCUT2D eigenvalue weighted by Crippen LogP contribution is -2.31. The fourth-order valence-electron chi connectivity index (χ4n) is 1.50. The SMILES string of the molecule is Cc1ccc(C#CCN)cc1C(=O)NCCS(N)(=O)=O. The number of carbonyl (C=O) groups excluding carboxylic acids is 1. The van der Waals surface area contributed by atoms with E-state index in [1.54, 1.807) is 25.1 Å². The van der Waals surface area contributed by atoms with Gasteiger partial charge in [-0.05, 0) is 24.6 Å². The Kier molecular flexibility index (Phi) is 5.70. The van der Waals surface area contributed by atoms with Gasteiger partial charge >= 0.3 is 0 Å². The maximum atomic E-state index is 12.0. The first kappa shape index (κ1) is 16.2. The summed E-state index contributed by atoms with van der Waals surface area (Å²) in [6, 6.07) is 5.21. The monoisotopic (exact) mass is 295 g/mol. The van der Waals surface area contributed by atoms with Crippen LogP contribution in [-0.4, -0.2) is 33.2 Å². The van der Waals surface area contributed by atoms with Crippen molar-refractivity contribution in [2.24, 2.45) is 10.9 Å². The standard InChI is InChI=1S/C13H17N3O3S/c1-10-4-5-11(3-2-6-14)9-12(10)13(17)16-7-8-20(15,18)19/h4-5,9H,6-8,14H2,1H3,(H,16,17)(H2,15,18,19). The topological polar surface area (TPSA) is 115 Å². The summed E-state index contributed by atoms with van der Waals surface area (Å²) in [5, 5.41) is 7.37. The molecule has 20 heavy (non-hydrogen) atoms. The molecule has 0 unspecified atom stereocenters. The summed E-state index contributed by atoms with van der Waals surface area (Å²) in [5.74, 6) is 4.88. The van der Waals surface area contributed by atoms with Gasteiger partial charge in [0.2, 0.25) is 10.0 Å². The molecule has 0 spiro atoms. The van der Waals surface area contributed by atoms with Crippen molar-refractivity contribution >= 4 is 15.9 Å². The molecule has 1 aromatic carbocycles. The fourth-order valence-corrected chi connectivity index (χ4v) is 1.89. The Morgan fingerprint density at radius 2 is 2.10 bits per heavy atom. The summed E-state index contributed by atoms with van der Waals surface area (Å²) in [4.78, 5) is 12.0. The van der Waals surface area contributed by atoms with E-state index in [0.29, 0.717) is 11.1 Å². The molecule has 0 saturated carbocycles. The summed E-state index contributed by atoms with van der Waals surface area (Å²) in [6.07, 6.45) is 0. The quantitative estimate of drug-likeness (QED) is 0.638. The Hall–Kier alpha value is -1.88. The molecular formula is C13H17N3O3S. The molecule has 0 saturated heterocycles. The largest absolute Gasteiger partial charge is 0.351 e. The molecule has 0 radical (unpaired) electrons. The number of nitrogens with one attached hydrogen (secondary N) is 1. The minimum absolute atomic E-state index is 0.0319. The summed E-state index contributed by atoms with van der Waals surface area (Å²) in [7, 11) is -3.58. The Labute approximate surface area is 118 Å². The van der Waals surface area contributed by atoms with Crippen LogP contribution in [0.4, 0.5) is 0 Å². The highest BCUT2D eigenvalue weighted by Crippen LogP contribution is 2.10. The zero-order chi connectivity index (χ0) is 15.2. The Bertz CT molecular complexity index is 657. The van der Waals surface area contributed by atoms with Crippen LogP contribution in [-0.2, 0) is 10.0 Å². The van der Waals surface area contributed by atoms with E-state index >= 15 is 0 Å². The summed E-state index contributed by atoms with van der Waals surface area (Å²) in [5.41, 5.74) is 7.19. The third kappa shape index (κ3) is 5.40. The van der Waals surface area contributed by atoms with Crippen LogP contribution in [0, 0.1) is 18.8 Å². The number of carbonyl (C=O) groups is 1. The lowest BCUT2D eigenvalue weighted by atomic mass is 10.0. The van der Waals surface area contributed by atoms with Gasteiger partial charge in [-0.3, -0.25) is 4.79 Å². The molecule has 0 heterocycles. The Morgan fingerprint density at radius 3 is 2.70 bits per heavy atom. The molecule has 1 rings (SSSR count). The number of nitrogens with two attached hydrogens (primary N) is 2. The molecule has 0 aliphatic heterocycles. The highest BCUT2D eigenvalue weighted by atomic mass is 32.2. The molecule has 1 aromatic rings. The summed E-state index contributed by atoms with van der Waals surface area (Å²) in [6.45, 7) is 1.99. The molecular weight excluding hydrogens is 278 g/mol. The van der Waals surface area contributed by atoms with Crippen molar-refractivity contribution < 1.29 is 13.2 Å². The first-order chi connectivity index (χ1) is 9.33. The van der Waals surface area contributed by atoms with Gasteiger partial charge < -0.3 is 11.1 Å². The number of benzene rings is 1. The Morgan fingerprint density at radius 1 is 1.40 bits per heavy atom. The van der Waals surface area contributed by atoms with Crippen LogP contribution in [0.25, 0.3) is 0 Å². The van der Waals surface area contributed by atoms with Crippen molar-refractivity contribution in [3.63, 3.8) is 0 Å². The molecule has 0 fully saturated rings. The highest BCUT2D eigenvalue weighted by molar-refractivity contribution is 7.89. The molecule has 0 aliphatic carbocycles. The van der Waals surface area contributed by atoms with E-state index in [1.165, 1.54) is 0 Å². The maximum absolute atomic E-state index is 12.0. The molecule has 0 aliphatic rings. The van der Waals surface area contributed by atoms with E-state index in [-0.39, 0.29) is 24.7 Å². The molecule has 7 heteroatoms. The van der Waals surface area contributed by atoms with Gasteiger partial charge in [0.05, 0.1) is 12.3 Å². The summed E-state index contributed by atoms with van der Waals surface area (Å²) >= 11 is 0. The third-order valence-corrected chi connectivity index (χ3v) is 3.26. The van der Waals surface area contributed by atoms with E-state index in [1.807, 2.05) is 0 Å². The zero-order valence-corrected chi connectivity index (χ0v) is 12.0. The molecule has 0 atom stereocenters. The predicted molar refractivity (Wildman–Crippen MR) is 77.4 cm³/mol. The van der Waals surface area contributed by atoms with Crippen LogP contribution in [0.15, 0.2) is 18.2 Å². The molecule has 6 nitrogen and oxygen atoms in total. The van der Waals surface area contributed by atoms with Crippen molar-refractivity contribution in [1.82, 2.24) is 5.32 Å². The number of sulfonamides is 1. The smallest absolute Gasteiger partial charge is 0.251 e. The van der Waals surface area contributed by atoms with Gasteiger partial charge in [-0.2, -0.15) is 0 Å². The van der Waals surface area contributed by atoms with E-state index in [4.69, 9.17) is 10.9 Å². The number of rotatable bonds is 4. The van der Waals surface area contributed by atoms with Gasteiger partial charge in [-0.25, -0.2) is 13.6 Å². The van der Waals surface area contributed by atoms with Crippen molar-refractivity contribution in [3.05, 3.63) is 34.9 Å². The minimum atomic E-state index is -3.58. The normalized spacial score (nSPS) is 10.6. The second-order valence-corrected chi connectivity index (χ2v) is 5.89. The predicted octanol–water partition coefficient (Wildman–Crippen LogP) is -0.676. The van der Waals surface area contributed by atoms with Crippen molar-refractivity contribution in [3.8, 4) is 11.8 Å². The van der Waals surface area contributed by atoms with Gasteiger partial charge in [0, 0.05) is 17.7 Å². The van der Waals surface area contributed by atoms with Gasteiger partial charge in [-0.15, -0.1) is 0 Å². The molecule has 5 N–H and O–H groups in total. The number of amides is 1. The fraction of sp³-hybridized carbons (Fsp3) is 0.308. The Balaban J connectivity index is 2.81. The first-order valence-electron chi connectivity index (χ1n) is 5.92. The second kappa shape index (κ2) is 7.05. The van der Waals surface area contributed by atoms with Gasteiger partial charge in [0.25, 0.3) is 5.91 Å². The molecule has 108 valence electrons. The van der Waals surface area contributed by atoms with Crippen molar-refractivity contribution in [2.75, 3.05) is 18.8 Å². The second-order valence-electron chi connectivity index (χ2n) is 4.16. The van der Waals surface area contributed by atoms with E-state index in [0.717, 1.165) is 5.56 Å². The van der Waals surface area contributed by atoms with Gasteiger partial charge in [0.15, 0.2) is 0 Å². The average Bonchev–Trinajstić information content (AvgIpc) is 2.36. The third-order valence-electron chi connectivity index (χ3n) is 2.49. The number of hydrogen-bond donors (Lipinski definition) is 3. The van der Waals surface area contributed by atoms with Crippen LogP contribution in [0.3, 0.4) is 0 Å². The number of hydrogen-bond acceptors (Lipinski definition) is 4. The molecule has 1 amide bonds. The van der Waals surface area contributed by atoms with Crippen LogP contribution in [0.5, 0.6) is 0 Å². The van der Waals surface area contributed by atoms with Crippen LogP contribution in [0.1, 0.15) is 21.5 Å². The van der Waals surface area contributed by atoms with Gasteiger partial charge in [0.1, 0.15) is 0 Å². The zero-order valence-electron chi connectivity index (χ0n) is 11.1. The average molecular weight is 295 g/mol. The van der Waals surface area contributed by atoms with Crippen LogP contribution < -0.4 is 16.2 Å². The lowest BCUT2D eigenvalue weighted by molar-refractivity contribution is 0.0955. The van der Waals surface area contributed by atoms with Crippen LogP contribution in [0.2, 0.25) is 0 Å². The highest BCUT2D eigenvalue weighted by Gasteiger charge is 2.10. The molecule has 0 bridgehead atoms. The number of primary sulfonamides is 1.